The van der Waals surface area contributed by atoms with Crippen molar-refractivity contribution in [3.63, 3.8) is 0 Å². The van der Waals surface area contributed by atoms with Crippen molar-refractivity contribution in [3.8, 4) is 11.3 Å². The lowest BCUT2D eigenvalue weighted by atomic mass is 10.0. The van der Waals surface area contributed by atoms with Crippen LogP contribution in [0.15, 0.2) is 35.4 Å². The first-order valence-electron chi connectivity index (χ1n) is 8.66. The number of benzene rings is 1. The van der Waals surface area contributed by atoms with Crippen molar-refractivity contribution in [1.82, 2.24) is 14.9 Å². The molecule has 1 aromatic heterocycles. The van der Waals surface area contributed by atoms with Gasteiger partial charge in [-0.1, -0.05) is 12.1 Å². The van der Waals surface area contributed by atoms with Crippen LogP contribution in [0.1, 0.15) is 38.1 Å². The number of nitrogens with one attached hydrogen (secondary N) is 1. The number of likely N-dealkylation sites (tertiary alicyclic amines) is 1. The third-order valence-electron chi connectivity index (χ3n) is 4.78. The lowest BCUT2D eigenvalue weighted by Crippen LogP contribution is -2.42. The molecule has 0 spiro atoms. The van der Waals surface area contributed by atoms with E-state index in [9.17, 15) is 4.79 Å². The molecule has 0 aliphatic carbocycles. The van der Waals surface area contributed by atoms with Gasteiger partial charge in [0.05, 0.1) is 23.2 Å². The number of aromatic amines is 1. The van der Waals surface area contributed by atoms with Crippen LogP contribution in [0.2, 0.25) is 0 Å². The molecule has 1 fully saturated rings. The van der Waals surface area contributed by atoms with Crippen LogP contribution in [0.25, 0.3) is 11.3 Å². The first kappa shape index (κ1) is 18.4. The van der Waals surface area contributed by atoms with Crippen molar-refractivity contribution in [3.05, 3.63) is 36.3 Å². The molecule has 1 aliphatic rings. The predicted octanol–water partition coefficient (Wildman–Crippen LogP) is 4.60. The quantitative estimate of drug-likeness (QED) is 0.776. The summed E-state index contributed by atoms with van der Waals surface area (Å²) in [6.45, 7) is 2.81. The number of H-pyrrole nitrogens is 1. The second kappa shape index (κ2) is 8.32. The fourth-order valence-electron chi connectivity index (χ4n) is 3.26. The molecule has 3 rings (SSSR count). The summed E-state index contributed by atoms with van der Waals surface area (Å²) in [6, 6.07) is 8.50. The van der Waals surface area contributed by atoms with E-state index in [4.69, 9.17) is 0 Å². The van der Waals surface area contributed by atoms with Crippen molar-refractivity contribution in [2.45, 2.75) is 42.4 Å². The van der Waals surface area contributed by atoms with Crippen molar-refractivity contribution >= 4 is 29.4 Å². The lowest BCUT2D eigenvalue weighted by Gasteiger charge is -2.36. The van der Waals surface area contributed by atoms with Gasteiger partial charge in [0, 0.05) is 17.0 Å². The highest BCUT2D eigenvalue weighted by Crippen LogP contribution is 2.32. The van der Waals surface area contributed by atoms with Crippen LogP contribution in [0.5, 0.6) is 0 Å². The van der Waals surface area contributed by atoms with E-state index in [1.54, 1.807) is 23.5 Å². The zero-order chi connectivity index (χ0) is 17.8. The highest BCUT2D eigenvalue weighted by Gasteiger charge is 2.32. The van der Waals surface area contributed by atoms with Crippen LogP contribution in [0.3, 0.4) is 0 Å². The molecule has 134 valence electrons. The zero-order valence-electron chi connectivity index (χ0n) is 15.0. The maximum atomic E-state index is 12.7. The predicted molar refractivity (Wildman–Crippen MR) is 107 cm³/mol. The summed E-state index contributed by atoms with van der Waals surface area (Å²) < 4.78 is 0. The van der Waals surface area contributed by atoms with Gasteiger partial charge in [-0.25, -0.2) is 4.98 Å². The SMILES string of the molecule is CSc1cccc(-c2cnc(C3CCCCN3C(=O)C(C)SC)[nH]2)c1. The molecule has 1 aliphatic heterocycles. The number of aromatic nitrogens is 2. The van der Waals surface area contributed by atoms with Crippen LogP contribution < -0.4 is 0 Å². The van der Waals surface area contributed by atoms with Gasteiger partial charge >= 0.3 is 0 Å². The molecule has 2 aromatic rings. The Kier molecular flexibility index (Phi) is 6.12. The van der Waals surface area contributed by atoms with Gasteiger partial charge in [-0.15, -0.1) is 11.8 Å². The number of amides is 1. The molecule has 1 aromatic carbocycles. The minimum absolute atomic E-state index is 0.00621. The number of carbonyl (C=O) groups excluding carboxylic acids is 1. The monoisotopic (exact) mass is 375 g/mol. The van der Waals surface area contributed by atoms with E-state index in [0.717, 1.165) is 42.9 Å². The van der Waals surface area contributed by atoms with E-state index < -0.39 is 0 Å². The number of imidazole rings is 1. The maximum Gasteiger partial charge on any atom is 0.236 e. The van der Waals surface area contributed by atoms with Gasteiger partial charge in [0.15, 0.2) is 0 Å². The van der Waals surface area contributed by atoms with Gasteiger partial charge in [-0.3, -0.25) is 4.79 Å². The number of hydrogen-bond acceptors (Lipinski definition) is 4. The summed E-state index contributed by atoms with van der Waals surface area (Å²) in [7, 11) is 0. The zero-order valence-corrected chi connectivity index (χ0v) is 16.6. The minimum atomic E-state index is -0.00621. The maximum absolute atomic E-state index is 12.7. The summed E-state index contributed by atoms with van der Waals surface area (Å²) in [6.07, 6.45) is 9.16. The van der Waals surface area contributed by atoms with Crippen molar-refractivity contribution < 1.29 is 4.79 Å². The van der Waals surface area contributed by atoms with Gasteiger partial charge in [-0.2, -0.15) is 11.8 Å². The Labute approximate surface area is 158 Å². The fraction of sp³-hybridized carbons (Fsp3) is 0.474. The van der Waals surface area contributed by atoms with Gasteiger partial charge in [0.1, 0.15) is 5.82 Å². The van der Waals surface area contributed by atoms with Crippen LogP contribution in [0.4, 0.5) is 0 Å². The van der Waals surface area contributed by atoms with Crippen LogP contribution in [-0.4, -0.2) is 45.1 Å². The molecular weight excluding hydrogens is 350 g/mol. The Morgan fingerprint density at radius 2 is 2.20 bits per heavy atom. The number of nitrogens with zero attached hydrogens (tertiary/aromatic N) is 2. The van der Waals surface area contributed by atoms with E-state index >= 15 is 0 Å². The Morgan fingerprint density at radius 1 is 1.36 bits per heavy atom. The number of carbonyl (C=O) groups is 1. The van der Waals surface area contributed by atoms with E-state index in [0.29, 0.717) is 0 Å². The topological polar surface area (TPSA) is 49.0 Å². The summed E-state index contributed by atoms with van der Waals surface area (Å²) >= 11 is 3.34. The molecule has 0 saturated carbocycles. The highest BCUT2D eigenvalue weighted by molar-refractivity contribution is 7.99. The second-order valence-corrected chi connectivity index (χ2v) is 8.39. The van der Waals surface area contributed by atoms with Crippen molar-refractivity contribution in [1.29, 1.82) is 0 Å². The normalized spacial score (nSPS) is 19.0. The summed E-state index contributed by atoms with van der Waals surface area (Å²) in [4.78, 5) is 24.1. The number of thioether (sulfide) groups is 2. The molecule has 1 saturated heterocycles. The number of rotatable bonds is 5. The Hall–Kier alpha value is -1.40. The molecule has 25 heavy (non-hydrogen) atoms. The molecule has 0 radical (unpaired) electrons. The van der Waals surface area contributed by atoms with Gasteiger partial charge in [-0.05, 0) is 50.8 Å². The lowest BCUT2D eigenvalue weighted by molar-refractivity contribution is -0.134. The first-order valence-corrected chi connectivity index (χ1v) is 11.2. The highest BCUT2D eigenvalue weighted by atomic mass is 32.2. The second-order valence-electron chi connectivity index (χ2n) is 6.34. The molecule has 2 unspecified atom stereocenters. The van der Waals surface area contributed by atoms with E-state index in [2.05, 4.69) is 40.5 Å². The van der Waals surface area contributed by atoms with Crippen molar-refractivity contribution in [2.75, 3.05) is 19.1 Å². The van der Waals surface area contributed by atoms with E-state index in [1.807, 2.05) is 24.3 Å². The molecule has 1 N–H and O–H groups in total. The number of piperidine rings is 1. The van der Waals surface area contributed by atoms with E-state index in [-0.39, 0.29) is 17.2 Å². The Morgan fingerprint density at radius 3 is 2.96 bits per heavy atom. The van der Waals surface area contributed by atoms with Gasteiger partial charge < -0.3 is 9.88 Å². The Bertz CT molecular complexity index is 731. The minimum Gasteiger partial charge on any atom is -0.340 e. The van der Waals surface area contributed by atoms with Crippen LogP contribution in [-0.2, 0) is 4.79 Å². The largest absolute Gasteiger partial charge is 0.340 e. The Balaban J connectivity index is 1.85. The fourth-order valence-corrected chi connectivity index (χ4v) is 4.05. The molecule has 2 atom stereocenters. The molecule has 2 heterocycles. The third kappa shape index (κ3) is 4.06. The summed E-state index contributed by atoms with van der Waals surface area (Å²) in [5.41, 5.74) is 2.15. The molecule has 1 amide bonds. The molecular formula is C19H25N3OS2. The average molecular weight is 376 g/mol. The van der Waals surface area contributed by atoms with Crippen molar-refractivity contribution in [2.24, 2.45) is 0 Å². The summed E-state index contributed by atoms with van der Waals surface area (Å²) in [5.74, 6) is 1.13. The summed E-state index contributed by atoms with van der Waals surface area (Å²) in [5, 5.41) is -0.00621. The molecule has 0 bridgehead atoms. The molecule has 4 nitrogen and oxygen atoms in total. The van der Waals surface area contributed by atoms with Crippen LogP contribution in [0, 0.1) is 0 Å². The van der Waals surface area contributed by atoms with Gasteiger partial charge in [0.25, 0.3) is 0 Å². The standard InChI is InChI=1S/C19H25N3OS2/c1-13(24-2)19(23)22-10-5-4-9-17(22)18-20-12-16(21-18)14-7-6-8-15(11-14)25-3/h6-8,11-13,17H,4-5,9-10H2,1-3H3,(H,20,21). The average Bonchev–Trinajstić information content (AvgIpc) is 3.17. The first-order chi connectivity index (χ1) is 12.1. The molecule has 6 heteroatoms. The van der Waals surface area contributed by atoms with Crippen LogP contribution >= 0.6 is 23.5 Å². The van der Waals surface area contributed by atoms with E-state index in [1.165, 1.54) is 4.90 Å². The smallest absolute Gasteiger partial charge is 0.236 e. The third-order valence-corrected chi connectivity index (χ3v) is 6.41. The van der Waals surface area contributed by atoms with Gasteiger partial charge in [0.2, 0.25) is 5.91 Å². The number of hydrogen-bond donors (Lipinski definition) is 1.